The molecular weight excluding hydrogens is 322 g/mol. The van der Waals surface area contributed by atoms with E-state index in [0.29, 0.717) is 26.1 Å². The summed E-state index contributed by atoms with van der Waals surface area (Å²) in [5.74, 6) is -0.987. The van der Waals surface area contributed by atoms with Gasteiger partial charge in [-0.15, -0.1) is 0 Å². The predicted molar refractivity (Wildman–Crippen MR) is 89.9 cm³/mol. The van der Waals surface area contributed by atoms with Crippen LogP contribution in [0, 0.1) is 0 Å². The third kappa shape index (κ3) is 4.63. The number of carbonyl (C=O) groups excluding carboxylic acids is 1. The molecule has 0 aliphatic carbocycles. The highest BCUT2D eigenvalue weighted by molar-refractivity contribution is 5.85. The van der Waals surface area contributed by atoms with Crippen molar-refractivity contribution >= 4 is 11.9 Å². The van der Waals surface area contributed by atoms with Gasteiger partial charge in [-0.2, -0.15) is 5.10 Å². The number of amides is 1. The van der Waals surface area contributed by atoms with Crippen molar-refractivity contribution in [2.45, 2.75) is 19.5 Å². The van der Waals surface area contributed by atoms with Gasteiger partial charge in [-0.3, -0.25) is 19.4 Å². The van der Waals surface area contributed by atoms with E-state index in [1.165, 1.54) is 10.7 Å². The fraction of sp³-hybridized carbons (Fsp3) is 0.412. The number of rotatable bonds is 6. The number of nitrogens with zero attached hydrogens (tertiary/aromatic N) is 5. The molecule has 0 bridgehead atoms. The average Bonchev–Trinajstić information content (AvgIpc) is 3.11. The lowest BCUT2D eigenvalue weighted by Crippen LogP contribution is -2.48. The number of aryl methyl sites for hydroxylation is 1. The van der Waals surface area contributed by atoms with Gasteiger partial charge in [0, 0.05) is 58.1 Å². The fourth-order valence-corrected chi connectivity index (χ4v) is 2.84. The summed E-state index contributed by atoms with van der Waals surface area (Å²) >= 11 is 0. The highest BCUT2D eigenvalue weighted by Crippen LogP contribution is 2.08. The summed E-state index contributed by atoms with van der Waals surface area (Å²) in [5, 5.41) is 12.8. The van der Waals surface area contributed by atoms with E-state index in [1.54, 1.807) is 12.4 Å². The Labute approximate surface area is 145 Å². The van der Waals surface area contributed by atoms with Crippen LogP contribution in [0.15, 0.2) is 36.7 Å². The Morgan fingerprint density at radius 3 is 2.56 bits per heavy atom. The van der Waals surface area contributed by atoms with Crippen LogP contribution < -0.4 is 0 Å². The summed E-state index contributed by atoms with van der Waals surface area (Å²) in [7, 11) is 0. The molecule has 8 heteroatoms. The van der Waals surface area contributed by atoms with Gasteiger partial charge in [-0.25, -0.2) is 4.79 Å². The van der Waals surface area contributed by atoms with Gasteiger partial charge in [0.1, 0.15) is 0 Å². The Kier molecular flexibility index (Phi) is 5.39. The normalized spacial score (nSPS) is 15.3. The van der Waals surface area contributed by atoms with Crippen LogP contribution in [0.5, 0.6) is 0 Å². The second kappa shape index (κ2) is 7.89. The van der Waals surface area contributed by atoms with E-state index < -0.39 is 5.97 Å². The minimum atomic E-state index is -1.06. The molecule has 3 heterocycles. The van der Waals surface area contributed by atoms with Gasteiger partial charge >= 0.3 is 5.97 Å². The van der Waals surface area contributed by atoms with Crippen molar-refractivity contribution in [3.63, 3.8) is 0 Å². The fourth-order valence-electron chi connectivity index (χ4n) is 2.84. The van der Waals surface area contributed by atoms with Crippen LogP contribution in [-0.2, 0) is 17.9 Å². The van der Waals surface area contributed by atoms with Crippen molar-refractivity contribution in [3.8, 4) is 0 Å². The Balaban J connectivity index is 1.42. The molecule has 1 N–H and O–H groups in total. The molecule has 0 spiro atoms. The van der Waals surface area contributed by atoms with E-state index in [2.05, 4.69) is 15.0 Å². The molecule has 0 atom stereocenters. The molecule has 1 amide bonds. The number of pyridine rings is 1. The maximum absolute atomic E-state index is 12.3. The highest BCUT2D eigenvalue weighted by atomic mass is 16.4. The van der Waals surface area contributed by atoms with Crippen molar-refractivity contribution < 1.29 is 14.7 Å². The van der Waals surface area contributed by atoms with Crippen molar-refractivity contribution in [2.24, 2.45) is 0 Å². The van der Waals surface area contributed by atoms with Crippen LogP contribution in [0.25, 0.3) is 0 Å². The quantitative estimate of drug-likeness (QED) is 0.831. The van der Waals surface area contributed by atoms with E-state index in [0.717, 1.165) is 25.3 Å². The van der Waals surface area contributed by atoms with Gasteiger partial charge < -0.3 is 10.0 Å². The first-order valence-corrected chi connectivity index (χ1v) is 8.28. The van der Waals surface area contributed by atoms with Crippen LogP contribution in [0.1, 0.15) is 22.6 Å². The van der Waals surface area contributed by atoms with Gasteiger partial charge in [0.15, 0.2) is 5.69 Å². The van der Waals surface area contributed by atoms with E-state index in [4.69, 9.17) is 5.11 Å². The smallest absolute Gasteiger partial charge is 0.356 e. The third-order valence-electron chi connectivity index (χ3n) is 4.25. The largest absolute Gasteiger partial charge is 0.476 e. The maximum atomic E-state index is 12.3. The number of hydrogen-bond acceptors (Lipinski definition) is 5. The van der Waals surface area contributed by atoms with E-state index in [9.17, 15) is 9.59 Å². The zero-order valence-corrected chi connectivity index (χ0v) is 13.9. The summed E-state index contributed by atoms with van der Waals surface area (Å²) in [5.41, 5.74) is 1.03. The lowest BCUT2D eigenvalue weighted by atomic mass is 10.2. The van der Waals surface area contributed by atoms with Gasteiger partial charge in [-0.1, -0.05) is 6.07 Å². The molecule has 132 valence electrons. The first kappa shape index (κ1) is 17.1. The first-order valence-electron chi connectivity index (χ1n) is 8.28. The van der Waals surface area contributed by atoms with Crippen LogP contribution in [0.2, 0.25) is 0 Å². The molecule has 1 aliphatic heterocycles. The summed E-state index contributed by atoms with van der Waals surface area (Å²) < 4.78 is 1.50. The Hall–Kier alpha value is -2.74. The van der Waals surface area contributed by atoms with Gasteiger partial charge in [0.2, 0.25) is 5.91 Å². The van der Waals surface area contributed by atoms with E-state index >= 15 is 0 Å². The second-order valence-electron chi connectivity index (χ2n) is 6.00. The molecule has 2 aromatic heterocycles. The maximum Gasteiger partial charge on any atom is 0.356 e. The minimum Gasteiger partial charge on any atom is -0.476 e. The van der Waals surface area contributed by atoms with Crippen molar-refractivity contribution in [1.29, 1.82) is 0 Å². The molecule has 1 aliphatic rings. The summed E-state index contributed by atoms with van der Waals surface area (Å²) in [4.78, 5) is 31.6. The molecule has 1 saturated heterocycles. The highest BCUT2D eigenvalue weighted by Gasteiger charge is 2.21. The van der Waals surface area contributed by atoms with Gasteiger partial charge in [0.05, 0.1) is 5.69 Å². The number of aromatic nitrogens is 3. The molecule has 8 nitrogen and oxygen atoms in total. The molecular formula is C17H21N5O3. The SMILES string of the molecule is O=C(O)c1ccn(CCC(=O)N2CCN(Cc3ccccn3)CC2)n1. The molecule has 3 rings (SSSR count). The lowest BCUT2D eigenvalue weighted by molar-refractivity contribution is -0.133. The Bertz CT molecular complexity index is 723. The molecule has 1 fully saturated rings. The second-order valence-corrected chi connectivity index (χ2v) is 6.00. The summed E-state index contributed by atoms with van der Waals surface area (Å²) in [6, 6.07) is 7.32. The first-order chi connectivity index (χ1) is 12.1. The number of carboxylic acid groups (broad SMARTS) is 1. The number of carboxylic acids is 1. The average molecular weight is 343 g/mol. The lowest BCUT2D eigenvalue weighted by Gasteiger charge is -2.34. The zero-order chi connectivity index (χ0) is 17.6. The van der Waals surface area contributed by atoms with Crippen LogP contribution >= 0.6 is 0 Å². The molecule has 25 heavy (non-hydrogen) atoms. The number of hydrogen-bond donors (Lipinski definition) is 1. The van der Waals surface area contributed by atoms with Gasteiger partial charge in [0.25, 0.3) is 0 Å². The number of aromatic carboxylic acids is 1. The predicted octanol–water partition coefficient (Wildman–Crippen LogP) is 0.711. The standard InChI is InChI=1S/C17H21N5O3/c23-16(5-8-22-7-4-15(19-22)17(24)25)21-11-9-20(10-12-21)13-14-3-1-2-6-18-14/h1-4,6-7H,5,8-13H2,(H,24,25). The molecule has 0 unspecified atom stereocenters. The van der Waals surface area contributed by atoms with Crippen LogP contribution in [0.4, 0.5) is 0 Å². The van der Waals surface area contributed by atoms with Gasteiger partial charge in [-0.05, 0) is 18.2 Å². The monoisotopic (exact) mass is 343 g/mol. The topological polar surface area (TPSA) is 91.6 Å². The third-order valence-corrected chi connectivity index (χ3v) is 4.25. The molecule has 0 radical (unpaired) electrons. The summed E-state index contributed by atoms with van der Waals surface area (Å²) in [6.45, 7) is 4.24. The Morgan fingerprint density at radius 1 is 1.12 bits per heavy atom. The number of piperazine rings is 1. The molecule has 0 saturated carbocycles. The minimum absolute atomic E-state index is 0.00409. The van der Waals surface area contributed by atoms with Crippen molar-refractivity contribution in [2.75, 3.05) is 26.2 Å². The zero-order valence-electron chi connectivity index (χ0n) is 13.9. The van der Waals surface area contributed by atoms with Crippen LogP contribution in [-0.4, -0.2) is 67.7 Å². The van der Waals surface area contributed by atoms with Crippen molar-refractivity contribution in [1.82, 2.24) is 24.6 Å². The van der Waals surface area contributed by atoms with Crippen molar-refractivity contribution in [3.05, 3.63) is 48.0 Å². The van der Waals surface area contributed by atoms with Crippen LogP contribution in [0.3, 0.4) is 0 Å². The number of carbonyl (C=O) groups is 2. The molecule has 0 aromatic carbocycles. The van der Waals surface area contributed by atoms with E-state index in [1.807, 2.05) is 23.1 Å². The Morgan fingerprint density at radius 2 is 1.92 bits per heavy atom. The van der Waals surface area contributed by atoms with E-state index in [-0.39, 0.29) is 11.6 Å². The summed E-state index contributed by atoms with van der Waals surface area (Å²) in [6.07, 6.45) is 3.70. The molecule has 2 aromatic rings.